The normalized spacial score (nSPS) is 14.4. The number of amides is 1. The van der Waals surface area contributed by atoms with Crippen molar-refractivity contribution in [3.05, 3.63) is 41.7 Å². The van der Waals surface area contributed by atoms with Crippen molar-refractivity contribution in [2.45, 2.75) is 0 Å². The summed E-state index contributed by atoms with van der Waals surface area (Å²) >= 11 is 0. The third kappa shape index (κ3) is 0.763. The highest BCUT2D eigenvalue weighted by molar-refractivity contribution is 6.08. The molecule has 0 radical (unpaired) electrons. The van der Waals surface area contributed by atoms with E-state index in [-0.39, 0.29) is 5.56 Å². The van der Waals surface area contributed by atoms with Gasteiger partial charge in [0.2, 0.25) is 0 Å². The number of carbonyl (C=O) groups is 1. The molecule has 12 heavy (non-hydrogen) atoms. The van der Waals surface area contributed by atoms with Crippen LogP contribution in [0.2, 0.25) is 0 Å². The van der Waals surface area contributed by atoms with Gasteiger partial charge in [-0.2, -0.15) is 0 Å². The fourth-order valence-corrected chi connectivity index (χ4v) is 1.27. The van der Waals surface area contributed by atoms with Crippen molar-refractivity contribution in [2.24, 2.45) is 0 Å². The summed E-state index contributed by atoms with van der Waals surface area (Å²) < 4.78 is 13.0. The SMILES string of the molecule is C=C1NC(=O)c2c(F)cccc21. The van der Waals surface area contributed by atoms with Crippen molar-refractivity contribution in [1.82, 2.24) is 5.32 Å². The number of fused-ring (bicyclic) bond motifs is 1. The second kappa shape index (κ2) is 2.17. The lowest BCUT2D eigenvalue weighted by atomic mass is 10.1. The molecule has 0 fully saturated rings. The number of halogens is 1. The summed E-state index contributed by atoms with van der Waals surface area (Å²) in [6.45, 7) is 3.59. The summed E-state index contributed by atoms with van der Waals surface area (Å²) in [5, 5.41) is 2.45. The van der Waals surface area contributed by atoms with E-state index in [4.69, 9.17) is 0 Å². The minimum absolute atomic E-state index is 0.0995. The molecule has 2 rings (SSSR count). The molecule has 1 aliphatic rings. The largest absolute Gasteiger partial charge is 0.322 e. The first-order valence-electron chi connectivity index (χ1n) is 3.49. The van der Waals surface area contributed by atoms with E-state index < -0.39 is 11.7 Å². The maximum Gasteiger partial charge on any atom is 0.259 e. The van der Waals surface area contributed by atoms with Gasteiger partial charge in [-0.3, -0.25) is 4.79 Å². The fraction of sp³-hybridized carbons (Fsp3) is 0. The molecule has 1 aromatic rings. The molecule has 3 heteroatoms. The van der Waals surface area contributed by atoms with Gasteiger partial charge in [-0.25, -0.2) is 4.39 Å². The van der Waals surface area contributed by atoms with Crippen LogP contribution in [0.4, 0.5) is 4.39 Å². The van der Waals surface area contributed by atoms with Crippen LogP contribution in [0.15, 0.2) is 24.8 Å². The average Bonchev–Trinajstić information content (AvgIpc) is 2.29. The first-order valence-corrected chi connectivity index (χ1v) is 3.49. The molecule has 1 aromatic carbocycles. The molecule has 2 nitrogen and oxygen atoms in total. The molecular weight excluding hydrogens is 157 g/mol. The molecule has 0 aromatic heterocycles. The Labute approximate surface area is 68.7 Å². The van der Waals surface area contributed by atoms with E-state index in [0.717, 1.165) is 0 Å². The van der Waals surface area contributed by atoms with E-state index in [1.165, 1.54) is 6.07 Å². The van der Waals surface area contributed by atoms with Crippen LogP contribution < -0.4 is 5.32 Å². The lowest BCUT2D eigenvalue weighted by Crippen LogP contribution is -2.12. The number of carbonyl (C=O) groups excluding carboxylic acids is 1. The maximum absolute atomic E-state index is 13.0. The zero-order valence-corrected chi connectivity index (χ0v) is 6.23. The molecule has 0 atom stereocenters. The smallest absolute Gasteiger partial charge is 0.259 e. The van der Waals surface area contributed by atoms with Gasteiger partial charge in [0.15, 0.2) is 0 Å². The highest BCUT2D eigenvalue weighted by Crippen LogP contribution is 2.24. The van der Waals surface area contributed by atoms with E-state index in [1.807, 2.05) is 0 Å². The van der Waals surface area contributed by atoms with Crippen LogP contribution in [-0.4, -0.2) is 5.91 Å². The Bertz CT molecular complexity index is 384. The number of rotatable bonds is 0. The number of benzene rings is 1. The van der Waals surface area contributed by atoms with Crippen molar-refractivity contribution in [1.29, 1.82) is 0 Å². The topological polar surface area (TPSA) is 29.1 Å². The predicted molar refractivity (Wildman–Crippen MR) is 42.9 cm³/mol. The maximum atomic E-state index is 13.0. The zero-order valence-electron chi connectivity index (χ0n) is 6.23. The molecule has 0 saturated heterocycles. The standard InChI is InChI=1S/C9H6FNO/c1-5-6-3-2-4-7(10)8(6)9(12)11-5/h2-4H,1H2,(H,11,12). The van der Waals surface area contributed by atoms with Crippen LogP contribution in [0.25, 0.3) is 5.70 Å². The van der Waals surface area contributed by atoms with Crippen molar-refractivity contribution >= 4 is 11.6 Å². The van der Waals surface area contributed by atoms with Crippen molar-refractivity contribution in [3.8, 4) is 0 Å². The Morgan fingerprint density at radius 1 is 1.42 bits per heavy atom. The average molecular weight is 163 g/mol. The van der Waals surface area contributed by atoms with Crippen LogP contribution in [0, 0.1) is 5.82 Å². The summed E-state index contributed by atoms with van der Waals surface area (Å²) in [5.74, 6) is -0.906. The van der Waals surface area contributed by atoms with Crippen LogP contribution >= 0.6 is 0 Å². The highest BCUT2D eigenvalue weighted by atomic mass is 19.1. The first kappa shape index (κ1) is 7.03. The van der Waals surface area contributed by atoms with E-state index in [2.05, 4.69) is 11.9 Å². The summed E-state index contributed by atoms with van der Waals surface area (Å²) in [6.07, 6.45) is 0. The Kier molecular flexibility index (Phi) is 1.27. The Hall–Kier alpha value is -1.64. The van der Waals surface area contributed by atoms with Crippen LogP contribution in [0.3, 0.4) is 0 Å². The molecule has 1 aliphatic heterocycles. The summed E-state index contributed by atoms with van der Waals surface area (Å²) in [6, 6.07) is 4.48. The van der Waals surface area contributed by atoms with Crippen molar-refractivity contribution < 1.29 is 9.18 Å². The zero-order chi connectivity index (χ0) is 8.72. The van der Waals surface area contributed by atoms with Crippen molar-refractivity contribution in [3.63, 3.8) is 0 Å². The van der Waals surface area contributed by atoms with E-state index >= 15 is 0 Å². The first-order chi connectivity index (χ1) is 5.70. The van der Waals surface area contributed by atoms with Gasteiger partial charge in [0.25, 0.3) is 5.91 Å². The lowest BCUT2D eigenvalue weighted by Gasteiger charge is -1.95. The van der Waals surface area contributed by atoms with Gasteiger partial charge >= 0.3 is 0 Å². The third-order valence-electron chi connectivity index (χ3n) is 1.83. The molecule has 0 unspecified atom stereocenters. The molecule has 0 saturated carbocycles. The van der Waals surface area contributed by atoms with Crippen LogP contribution in [0.5, 0.6) is 0 Å². The number of nitrogens with one attached hydrogen (secondary N) is 1. The predicted octanol–water partition coefficient (Wildman–Crippen LogP) is 1.54. The lowest BCUT2D eigenvalue weighted by molar-refractivity contribution is 0.0977. The monoisotopic (exact) mass is 163 g/mol. The van der Waals surface area contributed by atoms with E-state index in [0.29, 0.717) is 11.3 Å². The Morgan fingerprint density at radius 2 is 2.17 bits per heavy atom. The van der Waals surface area contributed by atoms with Gasteiger partial charge in [-0.15, -0.1) is 0 Å². The third-order valence-corrected chi connectivity index (χ3v) is 1.83. The molecule has 0 aliphatic carbocycles. The van der Waals surface area contributed by atoms with Crippen LogP contribution in [-0.2, 0) is 0 Å². The second-order valence-electron chi connectivity index (χ2n) is 2.60. The molecule has 1 heterocycles. The van der Waals surface area contributed by atoms with Crippen LogP contribution in [0.1, 0.15) is 15.9 Å². The Morgan fingerprint density at radius 3 is 2.83 bits per heavy atom. The van der Waals surface area contributed by atoms with Gasteiger partial charge in [0, 0.05) is 11.3 Å². The molecule has 1 N–H and O–H groups in total. The summed E-state index contributed by atoms with van der Waals surface area (Å²) in [5.41, 5.74) is 1.12. The second-order valence-corrected chi connectivity index (χ2v) is 2.60. The number of hydrogen-bond donors (Lipinski definition) is 1. The van der Waals surface area contributed by atoms with Gasteiger partial charge < -0.3 is 5.32 Å². The molecule has 0 spiro atoms. The minimum Gasteiger partial charge on any atom is -0.322 e. The fourth-order valence-electron chi connectivity index (χ4n) is 1.27. The number of hydrogen-bond acceptors (Lipinski definition) is 1. The summed E-state index contributed by atoms with van der Waals surface area (Å²) in [7, 11) is 0. The van der Waals surface area contributed by atoms with Gasteiger partial charge in [0.1, 0.15) is 5.82 Å². The van der Waals surface area contributed by atoms with Gasteiger partial charge in [0.05, 0.1) is 5.56 Å². The van der Waals surface area contributed by atoms with E-state index in [9.17, 15) is 9.18 Å². The Balaban J connectivity index is 2.75. The molecule has 1 amide bonds. The highest BCUT2D eigenvalue weighted by Gasteiger charge is 2.25. The summed E-state index contributed by atoms with van der Waals surface area (Å²) in [4.78, 5) is 11.1. The van der Waals surface area contributed by atoms with Gasteiger partial charge in [-0.05, 0) is 6.07 Å². The minimum atomic E-state index is -0.497. The van der Waals surface area contributed by atoms with Gasteiger partial charge in [-0.1, -0.05) is 18.7 Å². The van der Waals surface area contributed by atoms with Crippen molar-refractivity contribution in [2.75, 3.05) is 0 Å². The molecule has 60 valence electrons. The molecule has 0 bridgehead atoms. The quantitative estimate of drug-likeness (QED) is 0.617. The van der Waals surface area contributed by atoms with E-state index in [1.54, 1.807) is 12.1 Å². The molecular formula is C9H6FNO.